The van der Waals surface area contributed by atoms with E-state index in [0.29, 0.717) is 6.61 Å². The highest BCUT2D eigenvalue weighted by molar-refractivity contribution is 6.30. The van der Waals surface area contributed by atoms with Gasteiger partial charge in [-0.05, 0) is 37.3 Å². The molecule has 1 aromatic carbocycles. The molecule has 1 aliphatic rings. The number of nitrogens with one attached hydrogen (secondary N) is 1. The van der Waals surface area contributed by atoms with Crippen LogP contribution in [-0.4, -0.2) is 42.7 Å². The Morgan fingerprint density at radius 2 is 2.09 bits per heavy atom. The van der Waals surface area contributed by atoms with Gasteiger partial charge >= 0.3 is 0 Å². The van der Waals surface area contributed by atoms with E-state index in [2.05, 4.69) is 21.3 Å². The number of nitrogens with zero attached hydrogens (tertiary/aromatic N) is 2. The van der Waals surface area contributed by atoms with Gasteiger partial charge in [0.25, 0.3) is 0 Å². The SMILES string of the molecule is CCOc1ccc(Cl)cc1C(c1ccccn1)N1CCNCC1. The second kappa shape index (κ2) is 7.77. The maximum Gasteiger partial charge on any atom is 0.124 e. The molecule has 1 N–H and O–H groups in total. The number of aromatic nitrogens is 1. The van der Waals surface area contributed by atoms with E-state index in [0.717, 1.165) is 48.2 Å². The molecular formula is C18H22ClN3O. The summed E-state index contributed by atoms with van der Waals surface area (Å²) in [6, 6.07) is 11.9. The Bertz CT molecular complexity index is 629. The van der Waals surface area contributed by atoms with E-state index in [-0.39, 0.29) is 6.04 Å². The number of benzene rings is 1. The summed E-state index contributed by atoms with van der Waals surface area (Å²) < 4.78 is 5.86. The lowest BCUT2D eigenvalue weighted by atomic mass is 9.99. The Morgan fingerprint density at radius 1 is 1.26 bits per heavy atom. The molecule has 1 aromatic heterocycles. The summed E-state index contributed by atoms with van der Waals surface area (Å²) in [5, 5.41) is 4.13. The smallest absolute Gasteiger partial charge is 0.124 e. The minimum absolute atomic E-state index is 0.0542. The van der Waals surface area contributed by atoms with Gasteiger partial charge in [0.05, 0.1) is 18.3 Å². The lowest BCUT2D eigenvalue weighted by molar-refractivity contribution is 0.191. The molecule has 0 aliphatic carbocycles. The van der Waals surface area contributed by atoms with Gasteiger partial charge in [0.2, 0.25) is 0 Å². The monoisotopic (exact) mass is 331 g/mol. The minimum atomic E-state index is 0.0542. The molecule has 2 heterocycles. The standard InChI is InChI=1S/C18H22ClN3O/c1-2-23-17-7-6-14(19)13-15(17)18(16-5-3-4-8-21-16)22-11-9-20-10-12-22/h3-8,13,18,20H,2,9-12H2,1H3. The number of piperazine rings is 1. The van der Waals surface area contributed by atoms with Gasteiger partial charge in [-0.25, -0.2) is 0 Å². The molecule has 0 radical (unpaired) electrons. The van der Waals surface area contributed by atoms with Crippen LogP contribution in [0.2, 0.25) is 5.02 Å². The van der Waals surface area contributed by atoms with Crippen molar-refractivity contribution in [2.24, 2.45) is 0 Å². The van der Waals surface area contributed by atoms with Crippen LogP contribution in [0.5, 0.6) is 5.75 Å². The van der Waals surface area contributed by atoms with Crippen molar-refractivity contribution in [2.45, 2.75) is 13.0 Å². The molecule has 0 saturated carbocycles. The molecule has 1 aliphatic heterocycles. The molecule has 4 nitrogen and oxygen atoms in total. The van der Waals surface area contributed by atoms with E-state index < -0.39 is 0 Å². The average molecular weight is 332 g/mol. The van der Waals surface area contributed by atoms with Crippen molar-refractivity contribution in [2.75, 3.05) is 32.8 Å². The van der Waals surface area contributed by atoms with Crippen molar-refractivity contribution in [1.29, 1.82) is 0 Å². The van der Waals surface area contributed by atoms with Crippen molar-refractivity contribution in [3.63, 3.8) is 0 Å². The zero-order valence-corrected chi connectivity index (χ0v) is 14.1. The van der Waals surface area contributed by atoms with Crippen LogP contribution in [0.3, 0.4) is 0 Å². The quantitative estimate of drug-likeness (QED) is 0.913. The van der Waals surface area contributed by atoms with E-state index in [4.69, 9.17) is 16.3 Å². The van der Waals surface area contributed by atoms with Crippen LogP contribution in [0.25, 0.3) is 0 Å². The van der Waals surface area contributed by atoms with E-state index in [1.807, 2.05) is 43.5 Å². The van der Waals surface area contributed by atoms with Crippen LogP contribution in [0.4, 0.5) is 0 Å². The number of hydrogen-bond acceptors (Lipinski definition) is 4. The molecular weight excluding hydrogens is 310 g/mol. The van der Waals surface area contributed by atoms with Crippen LogP contribution >= 0.6 is 11.6 Å². The van der Waals surface area contributed by atoms with Gasteiger partial charge in [0.1, 0.15) is 5.75 Å². The highest BCUT2D eigenvalue weighted by Crippen LogP contribution is 2.35. The second-order valence-corrected chi connectivity index (χ2v) is 5.99. The molecule has 1 fully saturated rings. The Morgan fingerprint density at radius 3 is 2.78 bits per heavy atom. The van der Waals surface area contributed by atoms with Crippen LogP contribution < -0.4 is 10.1 Å². The fraction of sp³-hybridized carbons (Fsp3) is 0.389. The molecule has 5 heteroatoms. The van der Waals surface area contributed by atoms with Gasteiger partial charge in [0.15, 0.2) is 0 Å². The van der Waals surface area contributed by atoms with E-state index in [1.165, 1.54) is 0 Å². The number of halogens is 1. The molecule has 0 amide bonds. The first-order chi connectivity index (χ1) is 11.3. The van der Waals surface area contributed by atoms with E-state index in [9.17, 15) is 0 Å². The predicted octanol–water partition coefficient (Wildman–Crippen LogP) is 3.13. The second-order valence-electron chi connectivity index (χ2n) is 5.56. The Labute approximate surface area is 142 Å². The maximum absolute atomic E-state index is 6.28. The number of rotatable bonds is 5. The molecule has 3 rings (SSSR count). The molecule has 1 unspecified atom stereocenters. The zero-order chi connectivity index (χ0) is 16.1. The Balaban J connectivity index is 2.06. The summed E-state index contributed by atoms with van der Waals surface area (Å²) in [7, 11) is 0. The molecule has 0 spiro atoms. The van der Waals surface area contributed by atoms with Crippen LogP contribution in [0.15, 0.2) is 42.6 Å². The lowest BCUT2D eigenvalue weighted by Crippen LogP contribution is -2.45. The zero-order valence-electron chi connectivity index (χ0n) is 13.3. The summed E-state index contributed by atoms with van der Waals surface area (Å²) in [5.74, 6) is 0.881. The highest BCUT2D eigenvalue weighted by atomic mass is 35.5. The predicted molar refractivity (Wildman–Crippen MR) is 93.1 cm³/mol. The molecule has 1 atom stereocenters. The van der Waals surface area contributed by atoms with Crippen LogP contribution in [-0.2, 0) is 0 Å². The van der Waals surface area contributed by atoms with Gasteiger partial charge in [-0.2, -0.15) is 0 Å². The number of ether oxygens (including phenoxy) is 1. The molecule has 23 heavy (non-hydrogen) atoms. The van der Waals surface area contributed by atoms with Gasteiger partial charge in [0, 0.05) is 43.0 Å². The van der Waals surface area contributed by atoms with Crippen LogP contribution in [0, 0.1) is 0 Å². The van der Waals surface area contributed by atoms with Gasteiger partial charge in [-0.15, -0.1) is 0 Å². The summed E-state index contributed by atoms with van der Waals surface area (Å²) in [6.07, 6.45) is 1.84. The Hall–Kier alpha value is -1.62. The molecule has 122 valence electrons. The third-order valence-corrected chi connectivity index (χ3v) is 4.29. The molecule has 0 bridgehead atoms. The summed E-state index contributed by atoms with van der Waals surface area (Å²) in [4.78, 5) is 7.04. The van der Waals surface area contributed by atoms with Gasteiger partial charge in [-0.3, -0.25) is 9.88 Å². The van der Waals surface area contributed by atoms with E-state index >= 15 is 0 Å². The van der Waals surface area contributed by atoms with E-state index in [1.54, 1.807) is 0 Å². The Kier molecular flexibility index (Phi) is 5.49. The number of hydrogen-bond donors (Lipinski definition) is 1. The third-order valence-electron chi connectivity index (χ3n) is 4.05. The fourth-order valence-corrected chi connectivity index (χ4v) is 3.22. The van der Waals surface area contributed by atoms with Gasteiger partial charge in [-0.1, -0.05) is 17.7 Å². The third kappa shape index (κ3) is 3.83. The van der Waals surface area contributed by atoms with Crippen molar-refractivity contribution >= 4 is 11.6 Å². The van der Waals surface area contributed by atoms with Gasteiger partial charge < -0.3 is 10.1 Å². The topological polar surface area (TPSA) is 37.4 Å². The van der Waals surface area contributed by atoms with Crippen molar-refractivity contribution < 1.29 is 4.74 Å². The fourth-order valence-electron chi connectivity index (χ4n) is 3.04. The first-order valence-corrected chi connectivity index (χ1v) is 8.45. The van der Waals surface area contributed by atoms with Crippen LogP contribution in [0.1, 0.15) is 24.2 Å². The van der Waals surface area contributed by atoms with Crippen molar-refractivity contribution in [3.8, 4) is 5.75 Å². The molecule has 1 saturated heterocycles. The first-order valence-electron chi connectivity index (χ1n) is 8.07. The van der Waals surface area contributed by atoms with Crippen molar-refractivity contribution in [3.05, 3.63) is 58.9 Å². The average Bonchev–Trinajstić information content (AvgIpc) is 2.60. The highest BCUT2D eigenvalue weighted by Gasteiger charge is 2.27. The summed E-state index contributed by atoms with van der Waals surface area (Å²) in [6.45, 7) is 6.53. The molecule has 2 aromatic rings. The maximum atomic E-state index is 6.28. The number of pyridine rings is 1. The minimum Gasteiger partial charge on any atom is -0.494 e. The normalized spacial score (nSPS) is 17.0. The van der Waals surface area contributed by atoms with Crippen molar-refractivity contribution in [1.82, 2.24) is 15.2 Å². The largest absolute Gasteiger partial charge is 0.494 e. The summed E-state index contributed by atoms with van der Waals surface area (Å²) >= 11 is 6.28. The summed E-state index contributed by atoms with van der Waals surface area (Å²) in [5.41, 5.74) is 2.11. The first kappa shape index (κ1) is 16.2. The lowest BCUT2D eigenvalue weighted by Gasteiger charge is -2.35.